The fourth-order valence-electron chi connectivity index (χ4n) is 0.359. The SMILES string of the molecule is OCc1scnc1Br. The molecule has 0 aromatic carbocycles. The van der Waals surface area contributed by atoms with Crippen LogP contribution in [0.4, 0.5) is 0 Å². The Morgan fingerprint density at radius 3 is 2.88 bits per heavy atom. The normalized spacial score (nSPS) is 9.75. The summed E-state index contributed by atoms with van der Waals surface area (Å²) in [5, 5.41) is 8.55. The van der Waals surface area contributed by atoms with Crippen molar-refractivity contribution in [3.63, 3.8) is 0 Å². The fourth-order valence-corrected chi connectivity index (χ4v) is 1.51. The molecule has 0 unspecified atom stereocenters. The van der Waals surface area contributed by atoms with Crippen LogP contribution in [0.3, 0.4) is 0 Å². The van der Waals surface area contributed by atoms with Crippen molar-refractivity contribution >= 4 is 27.3 Å². The second-order valence-electron chi connectivity index (χ2n) is 1.22. The Bertz CT molecular complexity index is 176. The zero-order valence-electron chi connectivity index (χ0n) is 3.97. The van der Waals surface area contributed by atoms with Gasteiger partial charge in [-0.3, -0.25) is 0 Å². The lowest BCUT2D eigenvalue weighted by atomic mass is 10.6. The van der Waals surface area contributed by atoms with E-state index in [1.165, 1.54) is 11.3 Å². The number of aliphatic hydroxyl groups excluding tert-OH is 1. The van der Waals surface area contributed by atoms with E-state index in [0.717, 1.165) is 9.48 Å². The molecule has 0 amide bonds. The molecule has 2 nitrogen and oxygen atoms in total. The second kappa shape index (κ2) is 2.57. The molecule has 8 heavy (non-hydrogen) atoms. The number of aromatic nitrogens is 1. The molecule has 1 N–H and O–H groups in total. The molecule has 0 radical (unpaired) electrons. The summed E-state index contributed by atoms with van der Waals surface area (Å²) in [6, 6.07) is 0. The summed E-state index contributed by atoms with van der Waals surface area (Å²) in [7, 11) is 0. The molecule has 4 heteroatoms. The number of rotatable bonds is 1. The lowest BCUT2D eigenvalue weighted by molar-refractivity contribution is 0.284. The second-order valence-corrected chi connectivity index (χ2v) is 2.91. The summed E-state index contributed by atoms with van der Waals surface area (Å²) in [5.74, 6) is 0. The number of hydrogen-bond donors (Lipinski definition) is 1. The van der Waals surface area contributed by atoms with Crippen molar-refractivity contribution in [2.45, 2.75) is 6.61 Å². The lowest BCUT2D eigenvalue weighted by Gasteiger charge is -1.83. The number of aliphatic hydroxyl groups is 1. The highest BCUT2D eigenvalue weighted by atomic mass is 79.9. The Labute approximate surface area is 59.3 Å². The standard InChI is InChI=1S/C4H4BrNOS/c5-4-3(1-7)8-2-6-4/h2,7H,1H2. The van der Waals surface area contributed by atoms with Crippen LogP contribution >= 0.6 is 27.3 Å². The topological polar surface area (TPSA) is 33.1 Å². The Morgan fingerprint density at radius 1 is 1.88 bits per heavy atom. The molecule has 0 aliphatic rings. The maximum absolute atomic E-state index is 8.55. The molecule has 0 bridgehead atoms. The molecule has 0 fully saturated rings. The number of hydrogen-bond acceptors (Lipinski definition) is 3. The van der Waals surface area contributed by atoms with Crippen molar-refractivity contribution < 1.29 is 5.11 Å². The highest BCUT2D eigenvalue weighted by Gasteiger charge is 1.97. The molecule has 1 aromatic heterocycles. The van der Waals surface area contributed by atoms with E-state index < -0.39 is 0 Å². The zero-order chi connectivity index (χ0) is 5.98. The third-order valence-electron chi connectivity index (χ3n) is 0.735. The average Bonchev–Trinajstić information content (AvgIpc) is 2.14. The van der Waals surface area contributed by atoms with Gasteiger partial charge in [0.15, 0.2) is 0 Å². The summed E-state index contributed by atoms with van der Waals surface area (Å²) >= 11 is 4.61. The van der Waals surface area contributed by atoms with E-state index in [1.807, 2.05) is 0 Å². The molecule has 0 saturated carbocycles. The third-order valence-corrected chi connectivity index (χ3v) is 2.50. The van der Waals surface area contributed by atoms with Crippen molar-refractivity contribution in [2.75, 3.05) is 0 Å². The van der Waals surface area contributed by atoms with Crippen molar-refractivity contribution in [1.29, 1.82) is 0 Å². The van der Waals surface area contributed by atoms with Gasteiger partial charge in [-0.05, 0) is 15.9 Å². The van der Waals surface area contributed by atoms with Crippen molar-refractivity contribution in [3.05, 3.63) is 15.0 Å². The van der Waals surface area contributed by atoms with Crippen LogP contribution in [0.5, 0.6) is 0 Å². The highest BCUT2D eigenvalue weighted by Crippen LogP contribution is 2.17. The fraction of sp³-hybridized carbons (Fsp3) is 0.250. The predicted molar refractivity (Wildman–Crippen MR) is 35.7 cm³/mol. The van der Waals surface area contributed by atoms with Gasteiger partial charge in [-0.1, -0.05) is 0 Å². The van der Waals surface area contributed by atoms with Gasteiger partial charge in [0.2, 0.25) is 0 Å². The van der Waals surface area contributed by atoms with Crippen molar-refractivity contribution in [1.82, 2.24) is 4.98 Å². The predicted octanol–water partition coefficient (Wildman–Crippen LogP) is 1.40. The molecule has 44 valence electrons. The molecular formula is C4H4BrNOS. The first-order valence-corrected chi connectivity index (χ1v) is 3.70. The van der Waals surface area contributed by atoms with E-state index in [1.54, 1.807) is 5.51 Å². The van der Waals surface area contributed by atoms with Gasteiger partial charge in [0, 0.05) is 0 Å². The third kappa shape index (κ3) is 1.07. The summed E-state index contributed by atoms with van der Waals surface area (Å²) in [4.78, 5) is 4.74. The molecule has 1 rings (SSSR count). The van der Waals surface area contributed by atoms with Gasteiger partial charge in [-0.15, -0.1) is 11.3 Å². The first kappa shape index (κ1) is 6.19. The first-order chi connectivity index (χ1) is 3.84. The molecule has 0 spiro atoms. The monoisotopic (exact) mass is 193 g/mol. The van der Waals surface area contributed by atoms with Gasteiger partial charge in [-0.2, -0.15) is 0 Å². The first-order valence-electron chi connectivity index (χ1n) is 2.03. The quantitative estimate of drug-likeness (QED) is 0.732. The van der Waals surface area contributed by atoms with Crippen LogP contribution in [-0.4, -0.2) is 10.1 Å². The molecular weight excluding hydrogens is 190 g/mol. The highest BCUT2D eigenvalue weighted by molar-refractivity contribution is 9.10. The maximum Gasteiger partial charge on any atom is 0.122 e. The Morgan fingerprint density at radius 2 is 2.62 bits per heavy atom. The molecule has 1 aromatic rings. The zero-order valence-corrected chi connectivity index (χ0v) is 6.37. The van der Waals surface area contributed by atoms with E-state index in [0.29, 0.717) is 0 Å². The van der Waals surface area contributed by atoms with Crippen molar-refractivity contribution in [2.24, 2.45) is 0 Å². The van der Waals surface area contributed by atoms with Gasteiger partial charge < -0.3 is 5.11 Å². The Balaban J connectivity index is 2.92. The largest absolute Gasteiger partial charge is 0.391 e. The minimum Gasteiger partial charge on any atom is -0.391 e. The van der Waals surface area contributed by atoms with Crippen LogP contribution in [-0.2, 0) is 6.61 Å². The maximum atomic E-state index is 8.55. The number of halogens is 1. The minimum atomic E-state index is 0.0747. The van der Waals surface area contributed by atoms with E-state index in [2.05, 4.69) is 20.9 Å². The van der Waals surface area contributed by atoms with Crippen LogP contribution in [0.15, 0.2) is 10.1 Å². The molecule has 0 aliphatic heterocycles. The molecule has 0 atom stereocenters. The van der Waals surface area contributed by atoms with Gasteiger partial charge in [0.1, 0.15) is 4.60 Å². The van der Waals surface area contributed by atoms with Crippen LogP contribution in [0.1, 0.15) is 4.88 Å². The lowest BCUT2D eigenvalue weighted by Crippen LogP contribution is -1.75. The summed E-state index contributed by atoms with van der Waals surface area (Å²) in [6.45, 7) is 0.0747. The Kier molecular flexibility index (Phi) is 1.99. The molecule has 1 heterocycles. The van der Waals surface area contributed by atoms with Crippen molar-refractivity contribution in [3.8, 4) is 0 Å². The summed E-state index contributed by atoms with van der Waals surface area (Å²) in [6.07, 6.45) is 0. The van der Waals surface area contributed by atoms with Gasteiger partial charge >= 0.3 is 0 Å². The van der Waals surface area contributed by atoms with E-state index >= 15 is 0 Å². The number of nitrogens with zero attached hydrogens (tertiary/aromatic N) is 1. The number of thiazole rings is 1. The minimum absolute atomic E-state index is 0.0747. The van der Waals surface area contributed by atoms with E-state index in [9.17, 15) is 0 Å². The van der Waals surface area contributed by atoms with E-state index in [-0.39, 0.29) is 6.61 Å². The summed E-state index contributed by atoms with van der Waals surface area (Å²) < 4.78 is 0.755. The van der Waals surface area contributed by atoms with E-state index in [4.69, 9.17) is 5.11 Å². The van der Waals surface area contributed by atoms with Crippen LogP contribution in [0.25, 0.3) is 0 Å². The van der Waals surface area contributed by atoms with Crippen LogP contribution in [0.2, 0.25) is 0 Å². The van der Waals surface area contributed by atoms with Gasteiger partial charge in [0.05, 0.1) is 17.0 Å². The van der Waals surface area contributed by atoms with Gasteiger partial charge in [0.25, 0.3) is 0 Å². The molecule has 0 aliphatic carbocycles. The van der Waals surface area contributed by atoms with Gasteiger partial charge in [-0.25, -0.2) is 4.98 Å². The smallest absolute Gasteiger partial charge is 0.122 e. The van der Waals surface area contributed by atoms with Crippen LogP contribution < -0.4 is 0 Å². The summed E-state index contributed by atoms with van der Waals surface area (Å²) in [5.41, 5.74) is 1.69. The van der Waals surface area contributed by atoms with Crippen LogP contribution in [0, 0.1) is 0 Å². The molecule has 0 saturated heterocycles. The average molecular weight is 194 g/mol. The Hall–Kier alpha value is 0.0700.